The molecule has 0 saturated carbocycles. The van der Waals surface area contributed by atoms with Crippen LogP contribution >= 0.6 is 23.7 Å². The molecule has 0 unspecified atom stereocenters. The predicted octanol–water partition coefficient (Wildman–Crippen LogP) is 2.10. The van der Waals surface area contributed by atoms with E-state index in [1.165, 1.54) is 17.8 Å². The van der Waals surface area contributed by atoms with E-state index in [1.807, 2.05) is 4.90 Å². The number of halogens is 1. The summed E-state index contributed by atoms with van der Waals surface area (Å²) in [5.41, 5.74) is 0.399. The second-order valence-electron chi connectivity index (χ2n) is 7.82. The first-order valence-electron chi connectivity index (χ1n) is 9.56. The zero-order chi connectivity index (χ0) is 18.2. The zero-order valence-corrected chi connectivity index (χ0v) is 17.9. The number of carbonyl (C=O) groups is 1. The molecular formula is C18H28ClN3O3S2. The minimum absolute atomic E-state index is 0. The normalized spacial score (nSPS) is 22.9. The average Bonchev–Trinajstić information content (AvgIpc) is 3.37. The van der Waals surface area contributed by atoms with Gasteiger partial charge in [0.25, 0.3) is 10.0 Å². The molecule has 27 heavy (non-hydrogen) atoms. The van der Waals surface area contributed by atoms with E-state index in [-0.39, 0.29) is 18.3 Å². The molecule has 3 fully saturated rings. The average molecular weight is 434 g/mol. The van der Waals surface area contributed by atoms with E-state index in [2.05, 4.69) is 5.32 Å². The maximum atomic E-state index is 12.6. The van der Waals surface area contributed by atoms with Gasteiger partial charge in [-0.1, -0.05) is 0 Å². The van der Waals surface area contributed by atoms with Gasteiger partial charge >= 0.3 is 0 Å². The van der Waals surface area contributed by atoms with Crippen molar-refractivity contribution in [3.63, 3.8) is 0 Å². The highest BCUT2D eigenvalue weighted by atomic mass is 35.5. The lowest BCUT2D eigenvalue weighted by Gasteiger charge is -2.38. The number of hydrogen-bond acceptors (Lipinski definition) is 5. The Labute approximate surface area is 171 Å². The Balaban J connectivity index is 0.00000210. The Morgan fingerprint density at radius 1 is 1.11 bits per heavy atom. The highest BCUT2D eigenvalue weighted by Crippen LogP contribution is 2.37. The van der Waals surface area contributed by atoms with Crippen LogP contribution in [0.2, 0.25) is 0 Å². The zero-order valence-electron chi connectivity index (χ0n) is 15.5. The Morgan fingerprint density at radius 3 is 2.44 bits per heavy atom. The minimum Gasteiger partial charge on any atom is -0.342 e. The van der Waals surface area contributed by atoms with Crippen LogP contribution in [0.3, 0.4) is 0 Å². The van der Waals surface area contributed by atoms with E-state index < -0.39 is 10.0 Å². The molecule has 3 aliphatic rings. The number of hydrogen-bond donors (Lipinski definition) is 1. The van der Waals surface area contributed by atoms with Crippen LogP contribution in [-0.2, 0) is 21.2 Å². The Hall–Kier alpha value is -0.670. The number of rotatable bonds is 4. The summed E-state index contributed by atoms with van der Waals surface area (Å²) < 4.78 is 27.2. The molecule has 4 rings (SSSR count). The van der Waals surface area contributed by atoms with Crippen LogP contribution in [0.1, 0.15) is 37.0 Å². The van der Waals surface area contributed by atoms with Gasteiger partial charge in [-0.15, -0.1) is 23.7 Å². The van der Waals surface area contributed by atoms with Crippen LogP contribution in [0.25, 0.3) is 0 Å². The number of nitrogens with zero attached hydrogens (tertiary/aromatic N) is 2. The smallest absolute Gasteiger partial charge is 0.252 e. The van der Waals surface area contributed by atoms with E-state index in [0.29, 0.717) is 29.1 Å². The molecule has 0 bridgehead atoms. The monoisotopic (exact) mass is 433 g/mol. The molecule has 0 atom stereocenters. The van der Waals surface area contributed by atoms with Crippen molar-refractivity contribution in [1.82, 2.24) is 14.5 Å². The number of amides is 1. The van der Waals surface area contributed by atoms with Crippen molar-refractivity contribution in [3.8, 4) is 0 Å². The number of nitrogens with one attached hydrogen (secondary N) is 1. The molecule has 0 radical (unpaired) electrons. The van der Waals surface area contributed by atoms with Crippen molar-refractivity contribution in [2.45, 2.75) is 42.7 Å². The highest BCUT2D eigenvalue weighted by molar-refractivity contribution is 7.91. The third kappa shape index (κ3) is 4.34. The molecule has 0 aromatic carbocycles. The first-order valence-corrected chi connectivity index (χ1v) is 11.8. The Kier molecular flexibility index (Phi) is 6.52. The van der Waals surface area contributed by atoms with Gasteiger partial charge in [-0.05, 0) is 56.2 Å². The fourth-order valence-corrected chi connectivity index (χ4v) is 7.38. The van der Waals surface area contributed by atoms with Gasteiger partial charge in [0.15, 0.2) is 0 Å². The van der Waals surface area contributed by atoms with E-state index in [1.54, 1.807) is 16.4 Å². The number of piperidine rings is 1. The van der Waals surface area contributed by atoms with Crippen molar-refractivity contribution in [3.05, 3.63) is 17.0 Å². The maximum absolute atomic E-state index is 12.6. The lowest BCUT2D eigenvalue weighted by atomic mass is 9.78. The van der Waals surface area contributed by atoms with Gasteiger partial charge in [0, 0.05) is 37.6 Å². The Bertz CT molecular complexity index is 759. The predicted molar refractivity (Wildman–Crippen MR) is 109 cm³/mol. The van der Waals surface area contributed by atoms with Gasteiger partial charge < -0.3 is 10.2 Å². The van der Waals surface area contributed by atoms with Crippen LogP contribution in [0, 0.1) is 5.41 Å². The lowest BCUT2D eigenvalue weighted by Crippen LogP contribution is -2.44. The van der Waals surface area contributed by atoms with Crippen molar-refractivity contribution in [2.24, 2.45) is 5.41 Å². The van der Waals surface area contributed by atoms with Gasteiger partial charge in [0.05, 0.1) is 6.42 Å². The number of sulfonamides is 1. The molecule has 0 aliphatic carbocycles. The first-order chi connectivity index (χ1) is 12.5. The molecular weight excluding hydrogens is 406 g/mol. The van der Waals surface area contributed by atoms with E-state index in [4.69, 9.17) is 0 Å². The summed E-state index contributed by atoms with van der Waals surface area (Å²) in [5.74, 6) is 0.123. The van der Waals surface area contributed by atoms with Gasteiger partial charge in [-0.2, -0.15) is 4.31 Å². The van der Waals surface area contributed by atoms with Crippen LogP contribution in [0.5, 0.6) is 0 Å². The van der Waals surface area contributed by atoms with Crippen LogP contribution in [0.15, 0.2) is 16.3 Å². The molecule has 1 spiro atoms. The fraction of sp³-hybridized carbons (Fsp3) is 0.722. The molecule has 1 aromatic heterocycles. The second-order valence-corrected chi connectivity index (χ2v) is 11.1. The quantitative estimate of drug-likeness (QED) is 0.789. The summed E-state index contributed by atoms with van der Waals surface area (Å²) in [6, 6.07) is 3.47. The molecule has 1 aromatic rings. The van der Waals surface area contributed by atoms with Gasteiger partial charge in [0.2, 0.25) is 5.91 Å². The second kappa shape index (κ2) is 8.37. The fourth-order valence-electron chi connectivity index (χ4n) is 4.36. The van der Waals surface area contributed by atoms with Crippen molar-refractivity contribution in [2.75, 3.05) is 39.3 Å². The van der Waals surface area contributed by atoms with Crippen LogP contribution in [0.4, 0.5) is 0 Å². The van der Waals surface area contributed by atoms with Gasteiger partial charge in [-0.3, -0.25) is 4.79 Å². The molecule has 1 amide bonds. The minimum atomic E-state index is -3.37. The number of carbonyl (C=O) groups excluding carboxylic acids is 1. The largest absolute Gasteiger partial charge is 0.342 e. The number of thiophene rings is 1. The van der Waals surface area contributed by atoms with Gasteiger partial charge in [0.1, 0.15) is 4.21 Å². The SMILES string of the molecule is Cl.O=C(Cc1ccc(S(=O)(=O)N2CCCC2)s1)N1CCC2(CCNC2)CC1. The topological polar surface area (TPSA) is 69.7 Å². The third-order valence-corrected chi connectivity index (χ3v) is 9.58. The highest BCUT2D eigenvalue weighted by Gasteiger charge is 2.38. The summed E-state index contributed by atoms with van der Waals surface area (Å²) in [4.78, 5) is 15.4. The standard InChI is InChI=1S/C18H27N3O3S2.ClH/c22-16(20-11-6-18(7-12-20)5-8-19-14-18)13-15-3-4-17(25-15)26(23,24)21-9-1-2-10-21;/h3-4,19H,1-2,5-14H2;1H. The number of likely N-dealkylation sites (tertiary alicyclic amines) is 1. The summed E-state index contributed by atoms with van der Waals surface area (Å²) in [5, 5.41) is 3.44. The molecule has 1 N–H and O–H groups in total. The molecule has 9 heteroatoms. The molecule has 6 nitrogen and oxygen atoms in total. The van der Waals surface area contributed by atoms with Crippen molar-refractivity contribution < 1.29 is 13.2 Å². The molecule has 3 saturated heterocycles. The van der Waals surface area contributed by atoms with Crippen LogP contribution < -0.4 is 5.32 Å². The summed E-state index contributed by atoms with van der Waals surface area (Å²) >= 11 is 1.25. The van der Waals surface area contributed by atoms with E-state index in [0.717, 1.165) is 56.7 Å². The van der Waals surface area contributed by atoms with E-state index >= 15 is 0 Å². The maximum Gasteiger partial charge on any atom is 0.252 e. The molecule has 3 aliphatic heterocycles. The van der Waals surface area contributed by atoms with Crippen LogP contribution in [-0.4, -0.2) is 62.8 Å². The molecule has 152 valence electrons. The van der Waals surface area contributed by atoms with Crippen molar-refractivity contribution >= 4 is 39.7 Å². The first kappa shape index (κ1) is 21.0. The summed E-state index contributed by atoms with van der Waals surface area (Å²) in [6.45, 7) is 5.04. The lowest BCUT2D eigenvalue weighted by molar-refractivity contribution is -0.132. The van der Waals surface area contributed by atoms with Gasteiger partial charge in [-0.25, -0.2) is 8.42 Å². The van der Waals surface area contributed by atoms with E-state index in [9.17, 15) is 13.2 Å². The Morgan fingerprint density at radius 2 is 1.81 bits per heavy atom. The van der Waals surface area contributed by atoms with Crippen molar-refractivity contribution in [1.29, 1.82) is 0 Å². The summed E-state index contributed by atoms with van der Waals surface area (Å²) in [6.07, 6.45) is 5.54. The summed E-state index contributed by atoms with van der Waals surface area (Å²) in [7, 11) is -3.37. The molecule has 4 heterocycles. The third-order valence-electron chi connectivity index (χ3n) is 6.13.